The summed E-state index contributed by atoms with van der Waals surface area (Å²) in [7, 11) is 0. The molecule has 126 valence electrons. The Morgan fingerprint density at radius 1 is 1.12 bits per heavy atom. The predicted molar refractivity (Wildman–Crippen MR) is 87.6 cm³/mol. The number of benzene rings is 1. The molecule has 2 aliphatic rings. The molecule has 1 aromatic carbocycles. The molecule has 25 heavy (non-hydrogen) atoms. The molecule has 0 saturated heterocycles. The van der Waals surface area contributed by atoms with Gasteiger partial charge in [0.25, 0.3) is 0 Å². The van der Waals surface area contributed by atoms with Gasteiger partial charge in [0.1, 0.15) is 0 Å². The number of nitrogens with zero attached hydrogens (tertiary/aromatic N) is 3. The van der Waals surface area contributed by atoms with Gasteiger partial charge < -0.3 is 4.52 Å². The lowest BCUT2D eigenvalue weighted by Gasteiger charge is -2.16. The standard InChI is InChI=1S/C17H9ClF3N3O/c18-15-8-14(25-24-15)16-22-12-6-5-9(7-13(12)23-16)10-3-1-2-4-11(10)17(19,20)21/h1-5,7-8H,6H2. The molecule has 8 heteroatoms. The average Bonchev–Trinajstić information content (AvgIpc) is 3.19. The van der Waals surface area contributed by atoms with Gasteiger partial charge in [-0.15, -0.1) is 0 Å². The quantitative estimate of drug-likeness (QED) is 0.760. The molecule has 1 aliphatic carbocycles. The fraction of sp³-hybridized carbons (Fsp3) is 0.118. The molecule has 0 N–H and O–H groups in total. The van der Waals surface area contributed by atoms with Crippen molar-refractivity contribution in [3.63, 3.8) is 0 Å². The highest BCUT2D eigenvalue weighted by molar-refractivity contribution is 6.30. The summed E-state index contributed by atoms with van der Waals surface area (Å²) in [6, 6.07) is 6.94. The van der Waals surface area contributed by atoms with E-state index in [0.29, 0.717) is 35.0 Å². The summed E-state index contributed by atoms with van der Waals surface area (Å²) in [5.74, 6) is 0.615. The third-order valence-electron chi connectivity index (χ3n) is 3.82. The fourth-order valence-electron chi connectivity index (χ4n) is 2.71. The summed E-state index contributed by atoms with van der Waals surface area (Å²) < 4.78 is 44.7. The maximum Gasteiger partial charge on any atom is 0.417 e. The van der Waals surface area contributed by atoms with Crippen LogP contribution in [0.2, 0.25) is 5.15 Å². The molecule has 4 nitrogen and oxygen atoms in total. The molecule has 0 bridgehead atoms. The van der Waals surface area contributed by atoms with Gasteiger partial charge in [-0.2, -0.15) is 13.2 Å². The molecule has 4 rings (SSSR count). The number of rotatable bonds is 2. The van der Waals surface area contributed by atoms with Gasteiger partial charge in [-0.05, 0) is 23.3 Å². The minimum atomic E-state index is -4.43. The zero-order valence-electron chi connectivity index (χ0n) is 12.5. The smallest absolute Gasteiger partial charge is 0.351 e. The molecular formula is C17H9ClF3N3O. The van der Waals surface area contributed by atoms with Crippen LogP contribution in [0.1, 0.15) is 23.3 Å². The maximum atomic E-state index is 13.2. The highest BCUT2D eigenvalue weighted by Gasteiger charge is 2.34. The molecule has 0 amide bonds. The molecule has 2 heterocycles. The second-order valence-electron chi connectivity index (χ2n) is 5.44. The summed E-state index contributed by atoms with van der Waals surface area (Å²) in [6.45, 7) is 0. The van der Waals surface area contributed by atoms with E-state index in [0.717, 1.165) is 6.07 Å². The van der Waals surface area contributed by atoms with Crippen LogP contribution in [-0.4, -0.2) is 16.7 Å². The monoisotopic (exact) mass is 363 g/mol. The Morgan fingerprint density at radius 3 is 2.64 bits per heavy atom. The summed E-state index contributed by atoms with van der Waals surface area (Å²) in [4.78, 5) is 8.65. The topological polar surface area (TPSA) is 50.8 Å². The Hall–Kier alpha value is -2.67. The van der Waals surface area contributed by atoms with Crippen molar-refractivity contribution in [3.05, 3.63) is 70.2 Å². The molecule has 1 aliphatic heterocycles. The lowest BCUT2D eigenvalue weighted by Crippen LogP contribution is -2.10. The molecule has 0 atom stereocenters. The fourth-order valence-corrected chi connectivity index (χ4v) is 2.84. The molecule has 1 aromatic heterocycles. The van der Waals surface area contributed by atoms with Gasteiger partial charge in [-0.1, -0.05) is 41.0 Å². The largest absolute Gasteiger partial charge is 0.417 e. The second-order valence-corrected chi connectivity index (χ2v) is 5.83. The minimum Gasteiger partial charge on any atom is -0.351 e. The third kappa shape index (κ3) is 2.91. The van der Waals surface area contributed by atoms with Gasteiger partial charge in [0, 0.05) is 12.5 Å². The van der Waals surface area contributed by atoms with E-state index in [2.05, 4.69) is 15.1 Å². The van der Waals surface area contributed by atoms with Gasteiger partial charge in [0.15, 0.2) is 11.0 Å². The molecular weight excluding hydrogens is 355 g/mol. The number of halogens is 4. The van der Waals surface area contributed by atoms with Crippen molar-refractivity contribution in [1.29, 1.82) is 0 Å². The van der Waals surface area contributed by atoms with Crippen molar-refractivity contribution in [1.82, 2.24) is 5.16 Å². The van der Waals surface area contributed by atoms with Crippen LogP contribution in [0.3, 0.4) is 0 Å². The SMILES string of the molecule is FC(F)(F)c1ccccc1C1=CCC2=NC(c3cc(Cl)no3)=NC2=C1. The van der Waals surface area contributed by atoms with Gasteiger partial charge in [0.2, 0.25) is 5.76 Å². The average molecular weight is 364 g/mol. The molecule has 0 spiro atoms. The van der Waals surface area contributed by atoms with Gasteiger partial charge in [-0.3, -0.25) is 0 Å². The lowest BCUT2D eigenvalue weighted by atomic mass is 9.93. The number of aromatic nitrogens is 1. The normalized spacial score (nSPS) is 16.8. The van der Waals surface area contributed by atoms with E-state index in [1.54, 1.807) is 18.2 Å². The molecule has 0 unspecified atom stereocenters. The van der Waals surface area contributed by atoms with Crippen LogP contribution < -0.4 is 0 Å². The number of amidine groups is 1. The van der Waals surface area contributed by atoms with E-state index in [4.69, 9.17) is 16.1 Å². The highest BCUT2D eigenvalue weighted by atomic mass is 35.5. The predicted octanol–water partition coefficient (Wildman–Crippen LogP) is 4.92. The highest BCUT2D eigenvalue weighted by Crippen LogP contribution is 2.37. The summed E-state index contributed by atoms with van der Waals surface area (Å²) in [6.07, 6.45) is -0.746. The number of hydrogen-bond donors (Lipinski definition) is 0. The first-order valence-electron chi connectivity index (χ1n) is 7.29. The number of alkyl halides is 3. The number of aliphatic imine (C=N–C) groups is 2. The first kappa shape index (κ1) is 15.8. The maximum absolute atomic E-state index is 13.2. The van der Waals surface area contributed by atoms with Crippen LogP contribution in [0.5, 0.6) is 0 Å². The Balaban J connectivity index is 1.72. The van der Waals surface area contributed by atoms with Gasteiger partial charge in [-0.25, -0.2) is 9.98 Å². The number of hydrogen-bond acceptors (Lipinski definition) is 4. The Morgan fingerprint density at radius 2 is 1.92 bits per heavy atom. The van der Waals surface area contributed by atoms with Crippen molar-refractivity contribution in [2.75, 3.05) is 0 Å². The van der Waals surface area contributed by atoms with E-state index >= 15 is 0 Å². The van der Waals surface area contributed by atoms with Crippen molar-refractivity contribution >= 4 is 28.7 Å². The van der Waals surface area contributed by atoms with E-state index in [9.17, 15) is 13.2 Å². The van der Waals surface area contributed by atoms with Crippen molar-refractivity contribution in [2.24, 2.45) is 9.98 Å². The van der Waals surface area contributed by atoms with Crippen molar-refractivity contribution in [2.45, 2.75) is 12.6 Å². The van der Waals surface area contributed by atoms with E-state index < -0.39 is 11.7 Å². The summed E-state index contributed by atoms with van der Waals surface area (Å²) in [5, 5.41) is 3.74. The van der Waals surface area contributed by atoms with Crippen LogP contribution in [-0.2, 0) is 6.18 Å². The molecule has 0 radical (unpaired) electrons. The van der Waals surface area contributed by atoms with E-state index in [1.807, 2.05) is 0 Å². The van der Waals surface area contributed by atoms with Crippen LogP contribution >= 0.6 is 11.6 Å². The first-order valence-corrected chi connectivity index (χ1v) is 7.67. The van der Waals surface area contributed by atoms with Crippen LogP contribution in [0.25, 0.3) is 5.57 Å². The van der Waals surface area contributed by atoms with Crippen LogP contribution in [0, 0.1) is 0 Å². The Labute approximate surface area is 145 Å². The summed E-state index contributed by atoms with van der Waals surface area (Å²) >= 11 is 5.72. The molecule has 0 fully saturated rings. The molecule has 0 saturated carbocycles. The van der Waals surface area contributed by atoms with Gasteiger partial charge >= 0.3 is 6.18 Å². The first-order chi connectivity index (χ1) is 11.9. The second kappa shape index (κ2) is 5.70. The number of fused-ring (bicyclic) bond motifs is 1. The van der Waals surface area contributed by atoms with Crippen molar-refractivity contribution < 1.29 is 17.7 Å². The van der Waals surface area contributed by atoms with Gasteiger partial charge in [0.05, 0.1) is 17.0 Å². The van der Waals surface area contributed by atoms with Crippen molar-refractivity contribution in [3.8, 4) is 0 Å². The summed E-state index contributed by atoms with van der Waals surface area (Å²) in [5.41, 5.74) is 1.07. The third-order valence-corrected chi connectivity index (χ3v) is 3.99. The zero-order chi connectivity index (χ0) is 17.6. The number of allylic oxidation sites excluding steroid dienone is 4. The Kier molecular flexibility index (Phi) is 3.61. The molecule has 2 aromatic rings. The zero-order valence-corrected chi connectivity index (χ0v) is 13.3. The lowest BCUT2D eigenvalue weighted by molar-refractivity contribution is -0.137. The van der Waals surface area contributed by atoms with Crippen LogP contribution in [0.15, 0.2) is 62.7 Å². The Bertz CT molecular complexity index is 983. The van der Waals surface area contributed by atoms with Crippen LogP contribution in [0.4, 0.5) is 13.2 Å². The van der Waals surface area contributed by atoms with E-state index in [-0.39, 0.29) is 10.7 Å². The minimum absolute atomic E-state index is 0.118. The van der Waals surface area contributed by atoms with E-state index in [1.165, 1.54) is 18.2 Å².